The first-order valence-corrected chi connectivity index (χ1v) is 6.58. The number of nitrogen functional groups attached to an aromatic ring is 1. The topological polar surface area (TPSA) is 54.7 Å². The molecule has 3 heteroatoms. The fraction of sp³-hybridized carbons (Fsp3) is 0.400. The maximum absolute atomic E-state index is 6.04. The Morgan fingerprint density at radius 2 is 2.00 bits per heavy atom. The summed E-state index contributed by atoms with van der Waals surface area (Å²) >= 11 is 0. The molecular weight excluding hydrogens is 222 g/mol. The third kappa shape index (κ3) is 1.70. The molecule has 3 N–H and O–H groups in total. The molecule has 1 saturated carbocycles. The van der Waals surface area contributed by atoms with E-state index in [0.29, 0.717) is 11.7 Å². The highest BCUT2D eigenvalue weighted by Crippen LogP contribution is 2.42. The summed E-state index contributed by atoms with van der Waals surface area (Å²) in [5, 5.41) is 7.33. The molecule has 3 nitrogen and oxygen atoms in total. The van der Waals surface area contributed by atoms with Gasteiger partial charge >= 0.3 is 0 Å². The monoisotopic (exact) mass is 241 g/mol. The number of benzene rings is 1. The minimum absolute atomic E-state index is 0.617. The zero-order chi connectivity index (χ0) is 12.7. The van der Waals surface area contributed by atoms with Crippen LogP contribution in [0.2, 0.25) is 0 Å². The predicted molar refractivity (Wildman–Crippen MR) is 74.5 cm³/mol. The highest BCUT2D eigenvalue weighted by molar-refractivity contribution is 5.77. The second-order valence-electron chi connectivity index (χ2n) is 5.32. The third-order valence-corrected chi connectivity index (χ3v) is 4.13. The van der Waals surface area contributed by atoms with Crippen molar-refractivity contribution in [3.63, 3.8) is 0 Å². The molecule has 0 spiro atoms. The summed E-state index contributed by atoms with van der Waals surface area (Å²) in [6.45, 7) is 4.27. The normalized spacial score (nSPS) is 15.7. The van der Waals surface area contributed by atoms with Gasteiger partial charge in [0.2, 0.25) is 0 Å². The number of nitrogens with two attached hydrogens (primary N) is 1. The molecule has 0 bridgehead atoms. The summed E-state index contributed by atoms with van der Waals surface area (Å²) in [4.78, 5) is 0. The van der Waals surface area contributed by atoms with Gasteiger partial charge in [-0.15, -0.1) is 0 Å². The van der Waals surface area contributed by atoms with Crippen molar-refractivity contribution in [2.24, 2.45) is 0 Å². The van der Waals surface area contributed by atoms with Crippen LogP contribution in [0.15, 0.2) is 18.2 Å². The lowest BCUT2D eigenvalue weighted by Gasteiger charge is -2.25. The number of aryl methyl sites for hydroxylation is 2. The van der Waals surface area contributed by atoms with Crippen LogP contribution in [0, 0.1) is 13.8 Å². The van der Waals surface area contributed by atoms with Crippen molar-refractivity contribution in [1.29, 1.82) is 0 Å². The second-order valence-corrected chi connectivity index (χ2v) is 5.32. The fourth-order valence-electron chi connectivity index (χ4n) is 2.56. The maximum atomic E-state index is 6.04. The summed E-state index contributed by atoms with van der Waals surface area (Å²) in [6.07, 6.45) is 3.81. The lowest BCUT2D eigenvalue weighted by Crippen LogP contribution is -2.10. The summed E-state index contributed by atoms with van der Waals surface area (Å²) in [5.74, 6) is 1.24. The molecule has 1 aromatic heterocycles. The number of hydrogen-bond acceptors (Lipinski definition) is 2. The Bertz CT molecular complexity index is 579. The molecule has 1 aliphatic carbocycles. The SMILES string of the molecule is Cc1ccc(-c2c(N)n[nH]c2C2CCC2)cc1C. The molecule has 94 valence electrons. The van der Waals surface area contributed by atoms with Crippen LogP contribution in [-0.4, -0.2) is 10.2 Å². The first-order chi connectivity index (χ1) is 8.66. The lowest BCUT2D eigenvalue weighted by molar-refractivity contribution is 0.411. The van der Waals surface area contributed by atoms with Crippen LogP contribution in [0.1, 0.15) is 42.0 Å². The number of anilines is 1. The Morgan fingerprint density at radius 3 is 2.61 bits per heavy atom. The summed E-state index contributed by atoms with van der Waals surface area (Å²) < 4.78 is 0. The second kappa shape index (κ2) is 4.16. The van der Waals surface area contributed by atoms with Crippen LogP contribution in [0.3, 0.4) is 0 Å². The van der Waals surface area contributed by atoms with E-state index in [0.717, 1.165) is 5.56 Å². The number of hydrogen-bond donors (Lipinski definition) is 2. The Labute approximate surface area is 107 Å². The van der Waals surface area contributed by atoms with Gasteiger partial charge in [-0.1, -0.05) is 24.6 Å². The van der Waals surface area contributed by atoms with Gasteiger partial charge < -0.3 is 5.73 Å². The summed E-state index contributed by atoms with van der Waals surface area (Å²) in [6, 6.07) is 6.51. The smallest absolute Gasteiger partial charge is 0.153 e. The van der Waals surface area contributed by atoms with E-state index in [4.69, 9.17) is 5.73 Å². The molecular formula is C15H19N3. The van der Waals surface area contributed by atoms with Gasteiger partial charge in [0, 0.05) is 17.2 Å². The van der Waals surface area contributed by atoms with Gasteiger partial charge in [0.15, 0.2) is 5.82 Å². The van der Waals surface area contributed by atoms with Crippen LogP contribution in [0.4, 0.5) is 5.82 Å². The van der Waals surface area contributed by atoms with Crippen LogP contribution < -0.4 is 5.73 Å². The standard InChI is InChI=1S/C15H19N3/c1-9-6-7-12(8-10(9)2)13-14(11-4-3-5-11)17-18-15(13)16/h6-8,11H,3-5H2,1-2H3,(H3,16,17,18). The maximum Gasteiger partial charge on any atom is 0.153 e. The molecule has 3 rings (SSSR count). The number of nitrogens with one attached hydrogen (secondary N) is 1. The molecule has 0 aliphatic heterocycles. The molecule has 0 atom stereocenters. The van der Waals surface area contributed by atoms with E-state index in [-0.39, 0.29) is 0 Å². The zero-order valence-corrected chi connectivity index (χ0v) is 11.0. The van der Waals surface area contributed by atoms with Gasteiger partial charge in [-0.05, 0) is 43.4 Å². The molecule has 1 fully saturated rings. The van der Waals surface area contributed by atoms with Gasteiger partial charge in [-0.25, -0.2) is 0 Å². The molecule has 1 aromatic carbocycles. The van der Waals surface area contributed by atoms with Crippen molar-refractivity contribution < 1.29 is 0 Å². The molecule has 1 aliphatic rings. The Balaban J connectivity index is 2.09. The minimum atomic E-state index is 0.617. The van der Waals surface area contributed by atoms with E-state index in [1.54, 1.807) is 0 Å². The molecule has 0 amide bonds. The molecule has 2 aromatic rings. The van der Waals surface area contributed by atoms with Gasteiger partial charge in [-0.2, -0.15) is 5.10 Å². The zero-order valence-electron chi connectivity index (χ0n) is 11.0. The number of aromatic amines is 1. The van der Waals surface area contributed by atoms with E-state index in [1.165, 1.54) is 41.6 Å². The van der Waals surface area contributed by atoms with E-state index in [1.807, 2.05) is 0 Å². The number of nitrogens with zero attached hydrogens (tertiary/aromatic N) is 1. The molecule has 0 saturated heterocycles. The van der Waals surface area contributed by atoms with Gasteiger partial charge in [0.1, 0.15) is 0 Å². The van der Waals surface area contributed by atoms with E-state index < -0.39 is 0 Å². The lowest BCUT2D eigenvalue weighted by atomic mass is 9.80. The largest absolute Gasteiger partial charge is 0.382 e. The molecule has 0 radical (unpaired) electrons. The van der Waals surface area contributed by atoms with Gasteiger partial charge in [-0.3, -0.25) is 5.10 Å². The van der Waals surface area contributed by atoms with Gasteiger partial charge in [0.05, 0.1) is 0 Å². The Hall–Kier alpha value is -1.77. The first-order valence-electron chi connectivity index (χ1n) is 6.58. The van der Waals surface area contributed by atoms with Crippen molar-refractivity contribution >= 4 is 5.82 Å². The quantitative estimate of drug-likeness (QED) is 0.844. The van der Waals surface area contributed by atoms with Crippen LogP contribution in [0.25, 0.3) is 11.1 Å². The van der Waals surface area contributed by atoms with E-state index in [9.17, 15) is 0 Å². The van der Waals surface area contributed by atoms with E-state index >= 15 is 0 Å². The average Bonchev–Trinajstić information content (AvgIpc) is 2.62. The van der Waals surface area contributed by atoms with Crippen LogP contribution in [0.5, 0.6) is 0 Å². The molecule has 0 unspecified atom stereocenters. The summed E-state index contributed by atoms with van der Waals surface area (Å²) in [5.41, 5.74) is 12.2. The average molecular weight is 241 g/mol. The minimum Gasteiger partial charge on any atom is -0.382 e. The number of aromatic nitrogens is 2. The Morgan fingerprint density at radius 1 is 1.22 bits per heavy atom. The van der Waals surface area contributed by atoms with Crippen molar-refractivity contribution in [3.8, 4) is 11.1 Å². The van der Waals surface area contributed by atoms with Crippen molar-refractivity contribution in [2.75, 3.05) is 5.73 Å². The highest BCUT2D eigenvalue weighted by Gasteiger charge is 2.26. The summed E-state index contributed by atoms with van der Waals surface area (Å²) in [7, 11) is 0. The number of rotatable bonds is 2. The molecule has 1 heterocycles. The molecule has 18 heavy (non-hydrogen) atoms. The predicted octanol–water partition coefficient (Wildman–Crippen LogP) is 3.54. The number of H-pyrrole nitrogens is 1. The van der Waals surface area contributed by atoms with E-state index in [2.05, 4.69) is 42.2 Å². The van der Waals surface area contributed by atoms with Crippen LogP contribution in [-0.2, 0) is 0 Å². The highest BCUT2D eigenvalue weighted by atomic mass is 15.2. The van der Waals surface area contributed by atoms with Crippen molar-refractivity contribution in [2.45, 2.75) is 39.0 Å². The van der Waals surface area contributed by atoms with Crippen molar-refractivity contribution in [3.05, 3.63) is 35.0 Å². The van der Waals surface area contributed by atoms with Crippen LogP contribution >= 0.6 is 0 Å². The van der Waals surface area contributed by atoms with Crippen molar-refractivity contribution in [1.82, 2.24) is 10.2 Å². The third-order valence-electron chi connectivity index (χ3n) is 4.13. The van der Waals surface area contributed by atoms with Gasteiger partial charge in [0.25, 0.3) is 0 Å². The first kappa shape index (κ1) is 11.3. The Kier molecular flexibility index (Phi) is 2.62. The fourth-order valence-corrected chi connectivity index (χ4v) is 2.56.